The number of hydrogen-bond donors (Lipinski definition) is 0. The van der Waals surface area contributed by atoms with Crippen molar-refractivity contribution in [2.75, 3.05) is 0 Å². The van der Waals surface area contributed by atoms with Crippen molar-refractivity contribution in [2.24, 2.45) is 10.8 Å². The zero-order chi connectivity index (χ0) is 13.8. The van der Waals surface area contributed by atoms with Crippen LogP contribution in [0.15, 0.2) is 30.3 Å². The maximum absolute atomic E-state index is 6.27. The summed E-state index contributed by atoms with van der Waals surface area (Å²) in [6.45, 7) is 9.07. The van der Waals surface area contributed by atoms with Crippen LogP contribution in [0.3, 0.4) is 0 Å². The van der Waals surface area contributed by atoms with E-state index in [-0.39, 0.29) is 10.8 Å². The lowest BCUT2D eigenvalue weighted by Crippen LogP contribution is -2.03. The molecule has 0 amide bonds. The van der Waals surface area contributed by atoms with E-state index in [4.69, 9.17) is 11.6 Å². The summed E-state index contributed by atoms with van der Waals surface area (Å²) in [5.41, 5.74) is 1.45. The van der Waals surface area contributed by atoms with Crippen LogP contribution >= 0.6 is 11.6 Å². The molecular weight excluding hydrogens is 258 g/mol. The van der Waals surface area contributed by atoms with Gasteiger partial charge in [0.05, 0.1) is 0 Å². The fourth-order valence-corrected chi connectivity index (χ4v) is 3.31. The summed E-state index contributed by atoms with van der Waals surface area (Å²) >= 11 is 6.27. The third-order valence-corrected chi connectivity index (χ3v) is 5.15. The zero-order valence-electron chi connectivity index (χ0n) is 11.7. The van der Waals surface area contributed by atoms with Crippen molar-refractivity contribution in [1.29, 1.82) is 0 Å². The molecule has 0 N–H and O–H groups in total. The molecule has 0 bridgehead atoms. The summed E-state index contributed by atoms with van der Waals surface area (Å²) in [5, 5.41) is 8.80. The van der Waals surface area contributed by atoms with E-state index in [1.54, 1.807) is 0 Å². The van der Waals surface area contributed by atoms with Crippen molar-refractivity contribution in [3.8, 4) is 11.4 Å². The van der Waals surface area contributed by atoms with Gasteiger partial charge in [0, 0.05) is 11.6 Å². The van der Waals surface area contributed by atoms with E-state index < -0.39 is 0 Å². The molecule has 4 heteroatoms. The fourth-order valence-electron chi connectivity index (χ4n) is 3.09. The predicted molar refractivity (Wildman–Crippen MR) is 77.1 cm³/mol. The first kappa shape index (κ1) is 12.7. The van der Waals surface area contributed by atoms with Crippen LogP contribution in [0.5, 0.6) is 0 Å². The maximum atomic E-state index is 6.27. The Bertz CT molecular complexity index is 600. The minimum atomic E-state index is 0.197. The van der Waals surface area contributed by atoms with Gasteiger partial charge in [0.1, 0.15) is 0 Å². The first-order valence-electron chi connectivity index (χ1n) is 6.53. The summed E-state index contributed by atoms with van der Waals surface area (Å²) < 4.78 is 2.08. The molecule has 0 atom stereocenters. The molecule has 1 aromatic heterocycles. The highest BCUT2D eigenvalue weighted by Gasteiger charge is 2.66. The van der Waals surface area contributed by atoms with Gasteiger partial charge in [-0.1, -0.05) is 58.0 Å². The fraction of sp³-hybridized carbons (Fsp3) is 0.467. The summed E-state index contributed by atoms with van der Waals surface area (Å²) in [6.07, 6.45) is 0. The molecule has 1 aromatic carbocycles. The number of aromatic nitrogens is 3. The molecule has 100 valence electrons. The molecule has 1 saturated carbocycles. The van der Waals surface area contributed by atoms with Crippen LogP contribution in [-0.4, -0.2) is 14.8 Å². The number of benzene rings is 1. The van der Waals surface area contributed by atoms with Crippen LogP contribution in [0.25, 0.3) is 11.4 Å². The van der Waals surface area contributed by atoms with E-state index in [0.717, 1.165) is 11.4 Å². The van der Waals surface area contributed by atoms with Crippen LogP contribution in [0.4, 0.5) is 0 Å². The minimum absolute atomic E-state index is 0.197. The lowest BCUT2D eigenvalue weighted by molar-refractivity contribution is 0.457. The van der Waals surface area contributed by atoms with Gasteiger partial charge in [0.2, 0.25) is 5.28 Å². The number of nitrogens with zero attached hydrogens (tertiary/aromatic N) is 3. The third-order valence-electron chi connectivity index (χ3n) is 4.89. The van der Waals surface area contributed by atoms with E-state index in [9.17, 15) is 0 Å². The Hall–Kier alpha value is -1.35. The van der Waals surface area contributed by atoms with Gasteiger partial charge >= 0.3 is 0 Å². The molecule has 0 radical (unpaired) electrons. The molecule has 2 aromatic rings. The largest absolute Gasteiger partial charge is 0.294 e. The van der Waals surface area contributed by atoms with Gasteiger partial charge in [0.15, 0.2) is 5.82 Å². The van der Waals surface area contributed by atoms with Crippen LogP contribution in [-0.2, 0) is 0 Å². The standard InChI is InChI=1S/C15H18ClN3/c1-14(2)12(15(14,3)4)19-11(17-18-13(19)16)10-8-6-5-7-9-10/h5-9,12H,1-4H3. The Morgan fingerprint density at radius 3 is 2.11 bits per heavy atom. The Labute approximate surface area is 118 Å². The normalized spacial score (nSPS) is 20.5. The maximum Gasteiger partial charge on any atom is 0.225 e. The van der Waals surface area contributed by atoms with E-state index in [1.807, 2.05) is 30.3 Å². The molecule has 3 rings (SSSR count). The Kier molecular flexibility index (Phi) is 2.55. The highest BCUT2D eigenvalue weighted by molar-refractivity contribution is 6.28. The highest BCUT2D eigenvalue weighted by Crippen LogP contribution is 2.72. The molecule has 1 aliphatic carbocycles. The predicted octanol–water partition coefficient (Wildman–Crippen LogP) is 4.21. The Balaban J connectivity index is 2.12. The summed E-state index contributed by atoms with van der Waals surface area (Å²) in [5.74, 6) is 0.856. The van der Waals surface area contributed by atoms with Crippen molar-refractivity contribution >= 4 is 11.6 Å². The van der Waals surface area contributed by atoms with E-state index in [0.29, 0.717) is 11.3 Å². The quantitative estimate of drug-likeness (QED) is 0.822. The Morgan fingerprint density at radius 1 is 1.00 bits per heavy atom. The van der Waals surface area contributed by atoms with E-state index in [2.05, 4.69) is 42.5 Å². The van der Waals surface area contributed by atoms with Gasteiger partial charge in [-0.25, -0.2) is 0 Å². The van der Waals surface area contributed by atoms with E-state index >= 15 is 0 Å². The van der Waals surface area contributed by atoms with Gasteiger partial charge < -0.3 is 0 Å². The minimum Gasteiger partial charge on any atom is -0.294 e. The van der Waals surface area contributed by atoms with Gasteiger partial charge in [-0.2, -0.15) is 0 Å². The lowest BCUT2D eigenvalue weighted by Gasteiger charge is -2.09. The Morgan fingerprint density at radius 2 is 1.58 bits per heavy atom. The monoisotopic (exact) mass is 275 g/mol. The second-order valence-corrected chi connectivity index (χ2v) is 6.71. The second-order valence-electron chi connectivity index (χ2n) is 6.37. The molecular formula is C15H18ClN3. The molecule has 3 nitrogen and oxygen atoms in total. The first-order valence-corrected chi connectivity index (χ1v) is 6.91. The van der Waals surface area contributed by atoms with Gasteiger partial charge in [-0.15, -0.1) is 10.2 Å². The van der Waals surface area contributed by atoms with Gasteiger partial charge in [-0.3, -0.25) is 4.57 Å². The zero-order valence-corrected chi connectivity index (χ0v) is 12.4. The van der Waals surface area contributed by atoms with Crippen LogP contribution in [0.1, 0.15) is 33.7 Å². The number of hydrogen-bond acceptors (Lipinski definition) is 2. The SMILES string of the molecule is CC1(C)C(n2c(Cl)nnc2-c2ccccc2)C1(C)C. The van der Waals surface area contributed by atoms with Crippen molar-refractivity contribution in [3.05, 3.63) is 35.6 Å². The van der Waals surface area contributed by atoms with Crippen LogP contribution < -0.4 is 0 Å². The molecule has 0 spiro atoms. The van der Waals surface area contributed by atoms with Crippen molar-refractivity contribution in [3.63, 3.8) is 0 Å². The molecule has 19 heavy (non-hydrogen) atoms. The lowest BCUT2D eigenvalue weighted by atomic mass is 10.0. The van der Waals surface area contributed by atoms with Crippen molar-refractivity contribution in [1.82, 2.24) is 14.8 Å². The number of rotatable bonds is 2. The molecule has 0 unspecified atom stereocenters. The molecule has 0 saturated heterocycles. The molecule has 1 aliphatic rings. The summed E-state index contributed by atoms with van der Waals surface area (Å²) in [6, 6.07) is 10.4. The first-order chi connectivity index (χ1) is 8.87. The smallest absolute Gasteiger partial charge is 0.225 e. The second kappa shape index (κ2) is 3.83. The molecule has 1 fully saturated rings. The third kappa shape index (κ3) is 1.64. The van der Waals surface area contributed by atoms with Crippen molar-refractivity contribution in [2.45, 2.75) is 33.7 Å². The van der Waals surface area contributed by atoms with Gasteiger partial charge in [-0.05, 0) is 22.4 Å². The van der Waals surface area contributed by atoms with Gasteiger partial charge in [0.25, 0.3) is 0 Å². The average molecular weight is 276 g/mol. The average Bonchev–Trinajstić information content (AvgIpc) is 2.64. The highest BCUT2D eigenvalue weighted by atomic mass is 35.5. The summed E-state index contributed by atoms with van der Waals surface area (Å²) in [7, 11) is 0. The number of halogens is 1. The molecule has 0 aliphatic heterocycles. The molecule has 1 heterocycles. The van der Waals surface area contributed by atoms with Crippen molar-refractivity contribution < 1.29 is 0 Å². The topological polar surface area (TPSA) is 30.7 Å². The van der Waals surface area contributed by atoms with Crippen LogP contribution in [0, 0.1) is 10.8 Å². The van der Waals surface area contributed by atoms with Crippen LogP contribution in [0.2, 0.25) is 5.28 Å². The summed E-state index contributed by atoms with van der Waals surface area (Å²) in [4.78, 5) is 0. The van der Waals surface area contributed by atoms with E-state index in [1.165, 1.54) is 0 Å².